The molecule has 3 aliphatic rings. The lowest BCUT2D eigenvalue weighted by atomic mass is 9.55. The summed E-state index contributed by atoms with van der Waals surface area (Å²) in [5.41, 5.74) is -1.64. The Labute approximate surface area is 237 Å². The molecule has 5 atom stereocenters. The van der Waals surface area contributed by atoms with Gasteiger partial charge in [0.2, 0.25) is 0 Å². The van der Waals surface area contributed by atoms with Crippen molar-refractivity contribution in [3.8, 4) is 5.75 Å². The summed E-state index contributed by atoms with van der Waals surface area (Å²) in [6, 6.07) is 6.09. The number of fused-ring (bicyclic) bond motifs is 5. The van der Waals surface area contributed by atoms with Gasteiger partial charge in [-0.2, -0.15) is 26.3 Å². The van der Waals surface area contributed by atoms with Gasteiger partial charge in [0.25, 0.3) is 11.5 Å². The quantitative estimate of drug-likeness (QED) is 0.219. The summed E-state index contributed by atoms with van der Waals surface area (Å²) in [5.74, 6) is 1.85. The van der Waals surface area contributed by atoms with Crippen LogP contribution in [0.1, 0.15) is 82.3 Å². The van der Waals surface area contributed by atoms with Crippen molar-refractivity contribution in [3.63, 3.8) is 0 Å². The van der Waals surface area contributed by atoms with E-state index in [0.717, 1.165) is 38.5 Å². The number of aryl methyl sites for hydroxylation is 1. The van der Waals surface area contributed by atoms with Gasteiger partial charge in [0.05, 0.1) is 12.7 Å². The van der Waals surface area contributed by atoms with E-state index in [-0.39, 0.29) is 43.5 Å². The highest BCUT2D eigenvalue weighted by Gasteiger charge is 2.71. The molecule has 0 aromatic heterocycles. The molecule has 0 heterocycles. The molecule has 0 spiro atoms. The van der Waals surface area contributed by atoms with Gasteiger partial charge in [0.1, 0.15) is 5.75 Å². The first-order valence-corrected chi connectivity index (χ1v) is 14.6. The number of carbonyl (C=O) groups is 1. The predicted octanol–water partition coefficient (Wildman–Crippen LogP) is 7.12. The molecule has 0 bridgehead atoms. The summed E-state index contributed by atoms with van der Waals surface area (Å²) in [4.78, 5) is 11.5. The van der Waals surface area contributed by atoms with E-state index in [1.165, 1.54) is 18.1 Å². The average Bonchev–Trinajstić information content (AvgIpc) is 3.25. The zero-order chi connectivity index (χ0) is 30.1. The van der Waals surface area contributed by atoms with Crippen molar-refractivity contribution in [2.75, 3.05) is 26.9 Å². The molecule has 5 nitrogen and oxygen atoms in total. The molecular formula is C30H41F6NO4. The summed E-state index contributed by atoms with van der Waals surface area (Å²) in [6.07, 6.45) is -7.00. The highest BCUT2D eigenvalue weighted by molar-refractivity contribution is 5.77. The van der Waals surface area contributed by atoms with Gasteiger partial charge in [-0.1, -0.05) is 26.3 Å². The average molecular weight is 594 g/mol. The van der Waals surface area contributed by atoms with Crippen molar-refractivity contribution >= 4 is 5.91 Å². The monoisotopic (exact) mass is 593 g/mol. The SMILES string of the molecule is CCCC(OCCCO[C@H]1CC[C@H]2[C@@H]3CCc4cc(OCC(=O)NC)ccc4[C@H]3CC[C@]12C)(C(F)(F)F)C(F)(F)F. The Morgan fingerprint density at radius 1 is 1.05 bits per heavy atom. The lowest BCUT2D eigenvalue weighted by molar-refractivity contribution is -0.383. The molecule has 2 fully saturated rings. The first-order chi connectivity index (χ1) is 19.3. The Bertz CT molecular complexity index is 1050. The minimum Gasteiger partial charge on any atom is -0.484 e. The molecule has 11 heteroatoms. The highest BCUT2D eigenvalue weighted by Crippen LogP contribution is 2.61. The zero-order valence-electron chi connectivity index (χ0n) is 23.9. The number of rotatable bonds is 11. The molecule has 41 heavy (non-hydrogen) atoms. The largest absolute Gasteiger partial charge is 0.484 e. The maximum Gasteiger partial charge on any atom is 0.426 e. The predicted molar refractivity (Wildman–Crippen MR) is 141 cm³/mol. The van der Waals surface area contributed by atoms with Crippen molar-refractivity contribution < 1.29 is 45.3 Å². The summed E-state index contributed by atoms with van der Waals surface area (Å²) in [6.45, 7) is 2.85. The van der Waals surface area contributed by atoms with Crippen LogP contribution < -0.4 is 10.1 Å². The second kappa shape index (κ2) is 12.3. The third-order valence-electron chi connectivity index (χ3n) is 9.73. The van der Waals surface area contributed by atoms with E-state index in [4.69, 9.17) is 9.47 Å². The zero-order valence-corrected chi connectivity index (χ0v) is 23.9. The van der Waals surface area contributed by atoms with Crippen molar-refractivity contribution in [1.82, 2.24) is 5.32 Å². The van der Waals surface area contributed by atoms with Crippen LogP contribution in [0.25, 0.3) is 0 Å². The molecular weight excluding hydrogens is 552 g/mol. The molecule has 232 valence electrons. The summed E-state index contributed by atoms with van der Waals surface area (Å²) in [7, 11) is 1.57. The maximum absolute atomic E-state index is 13.5. The fraction of sp³-hybridized carbons (Fsp3) is 0.767. The second-order valence-corrected chi connectivity index (χ2v) is 12.0. The first kappa shape index (κ1) is 31.9. The van der Waals surface area contributed by atoms with Crippen LogP contribution in [0, 0.1) is 17.3 Å². The number of nitrogens with one attached hydrogen (secondary N) is 1. The number of hydrogen-bond acceptors (Lipinski definition) is 4. The van der Waals surface area contributed by atoms with Crippen LogP contribution in [0.3, 0.4) is 0 Å². The molecule has 0 radical (unpaired) electrons. The van der Waals surface area contributed by atoms with Gasteiger partial charge in [-0.3, -0.25) is 4.79 Å². The molecule has 2 saturated carbocycles. The minimum atomic E-state index is -5.55. The maximum atomic E-state index is 13.5. The Balaban J connectivity index is 1.33. The van der Waals surface area contributed by atoms with Gasteiger partial charge in [0, 0.05) is 13.7 Å². The number of hydrogen-bond donors (Lipinski definition) is 1. The molecule has 1 aromatic carbocycles. The normalized spacial score (nSPS) is 28.0. The third kappa shape index (κ3) is 6.21. The molecule has 0 unspecified atom stereocenters. The van der Waals surface area contributed by atoms with Crippen molar-refractivity contribution in [1.29, 1.82) is 0 Å². The van der Waals surface area contributed by atoms with E-state index in [1.54, 1.807) is 7.05 Å². The Kier molecular flexibility index (Phi) is 9.58. The number of benzene rings is 1. The molecule has 0 aliphatic heterocycles. The van der Waals surface area contributed by atoms with Crippen LogP contribution in [0.4, 0.5) is 26.3 Å². The van der Waals surface area contributed by atoms with Crippen LogP contribution in [-0.2, 0) is 20.7 Å². The number of amides is 1. The fourth-order valence-corrected chi connectivity index (χ4v) is 7.66. The molecule has 1 N–H and O–H groups in total. The molecule has 1 amide bonds. The lowest BCUT2D eigenvalue weighted by Crippen LogP contribution is -2.58. The van der Waals surface area contributed by atoms with Crippen molar-refractivity contribution in [3.05, 3.63) is 29.3 Å². The van der Waals surface area contributed by atoms with Crippen molar-refractivity contribution in [2.24, 2.45) is 17.3 Å². The van der Waals surface area contributed by atoms with E-state index >= 15 is 0 Å². The van der Waals surface area contributed by atoms with Crippen LogP contribution in [0.2, 0.25) is 0 Å². The topological polar surface area (TPSA) is 56.8 Å². The fourth-order valence-electron chi connectivity index (χ4n) is 7.66. The standard InChI is InChI=1S/C30H41F6NO4/c1-4-13-28(29(31,32)33,30(34,35)36)41-16-5-15-39-25-11-10-24-23-8-6-19-17-20(40-18-26(38)37-3)7-9-21(19)22(23)12-14-27(24,25)2/h7,9,17,22-25H,4-6,8,10-16,18H2,1-3H3,(H,37,38)/t22-,23-,24+,25+,27+/m1/s1. The van der Waals surface area contributed by atoms with Crippen LogP contribution in [-0.4, -0.2) is 56.8 Å². The van der Waals surface area contributed by atoms with E-state index in [2.05, 4.69) is 23.0 Å². The Morgan fingerprint density at radius 3 is 2.44 bits per heavy atom. The van der Waals surface area contributed by atoms with E-state index in [0.29, 0.717) is 23.5 Å². The molecule has 4 rings (SSSR count). The van der Waals surface area contributed by atoms with E-state index in [9.17, 15) is 31.1 Å². The van der Waals surface area contributed by atoms with Crippen molar-refractivity contribution in [2.45, 2.75) is 102 Å². The molecule has 3 aliphatic carbocycles. The third-order valence-corrected chi connectivity index (χ3v) is 9.73. The Morgan fingerprint density at radius 2 is 1.78 bits per heavy atom. The number of ether oxygens (including phenoxy) is 3. The van der Waals surface area contributed by atoms with Gasteiger partial charge in [-0.15, -0.1) is 0 Å². The van der Waals surface area contributed by atoms with Gasteiger partial charge >= 0.3 is 12.4 Å². The number of carbonyl (C=O) groups excluding carboxylic acids is 1. The number of alkyl halides is 6. The minimum absolute atomic E-state index is 0.0282. The molecule has 1 aromatic rings. The van der Waals surface area contributed by atoms with Gasteiger partial charge in [-0.25, -0.2) is 0 Å². The van der Waals surface area contributed by atoms with E-state index in [1.807, 2.05) is 12.1 Å². The van der Waals surface area contributed by atoms with Gasteiger partial charge in [-0.05, 0) is 97.8 Å². The van der Waals surface area contributed by atoms with Crippen LogP contribution >= 0.6 is 0 Å². The van der Waals surface area contributed by atoms with Gasteiger partial charge < -0.3 is 19.5 Å². The first-order valence-electron chi connectivity index (χ1n) is 14.6. The van der Waals surface area contributed by atoms with Crippen LogP contribution in [0.15, 0.2) is 18.2 Å². The second-order valence-electron chi connectivity index (χ2n) is 12.0. The van der Waals surface area contributed by atoms with Crippen LogP contribution in [0.5, 0.6) is 5.75 Å². The summed E-state index contributed by atoms with van der Waals surface area (Å²) in [5, 5.41) is 2.54. The summed E-state index contributed by atoms with van der Waals surface area (Å²) >= 11 is 0. The Hall–Kier alpha value is -2.01. The number of likely N-dealkylation sites (N-methyl/N-ethyl adjacent to an activating group) is 1. The smallest absolute Gasteiger partial charge is 0.426 e. The number of halogens is 6. The van der Waals surface area contributed by atoms with E-state index < -0.39 is 31.0 Å². The lowest BCUT2D eigenvalue weighted by Gasteiger charge is -2.50. The highest BCUT2D eigenvalue weighted by atomic mass is 19.4. The summed E-state index contributed by atoms with van der Waals surface area (Å²) < 4.78 is 97.2. The van der Waals surface area contributed by atoms with Gasteiger partial charge in [0.15, 0.2) is 6.61 Å². The molecule has 0 saturated heterocycles.